The monoisotopic (exact) mass is 369 g/mol. The summed E-state index contributed by atoms with van der Waals surface area (Å²) in [6, 6.07) is -0.564. The van der Waals surface area contributed by atoms with Crippen molar-refractivity contribution < 1.29 is 75.9 Å². The predicted octanol–water partition coefficient (Wildman–Crippen LogP) is -1.30. The zero-order valence-electron chi connectivity index (χ0n) is 16.4. The van der Waals surface area contributed by atoms with Crippen LogP contribution in [-0.4, -0.2) is 34.9 Å². The summed E-state index contributed by atoms with van der Waals surface area (Å²) >= 11 is 0. The van der Waals surface area contributed by atoms with Crippen molar-refractivity contribution in [2.75, 3.05) is 0 Å². The molecular formula is C17H32KNO5. The van der Waals surface area contributed by atoms with Crippen molar-refractivity contribution in [2.45, 2.75) is 79.1 Å². The van der Waals surface area contributed by atoms with Gasteiger partial charge in [0.2, 0.25) is 0 Å². The molecule has 24 heavy (non-hydrogen) atoms. The minimum absolute atomic E-state index is 0. The van der Waals surface area contributed by atoms with E-state index in [-0.39, 0.29) is 69.6 Å². The maximum atomic E-state index is 11.9. The summed E-state index contributed by atoms with van der Waals surface area (Å²) in [5, 5.41) is 24.3. The van der Waals surface area contributed by atoms with E-state index in [1.165, 1.54) is 0 Å². The summed E-state index contributed by atoms with van der Waals surface area (Å²) in [6.45, 7) is 12.7. The Morgan fingerprint density at radius 1 is 1.12 bits per heavy atom. The molecule has 0 heterocycles. The molecule has 0 aliphatic carbocycles. The SMILES string of the molecule is CC(C)C[C@H](NC(=O)OC(C)(C)C)[C@@H](O)C[C@H](C(=O)[O-])C(C)C.[K+]. The number of alkyl carbamates (subject to hydrolysis) is 1. The van der Waals surface area contributed by atoms with Crippen LogP contribution in [0.15, 0.2) is 0 Å². The zero-order valence-corrected chi connectivity index (χ0v) is 19.5. The molecule has 0 aromatic heterocycles. The molecule has 0 radical (unpaired) electrons. The summed E-state index contributed by atoms with van der Waals surface area (Å²) in [6.07, 6.45) is -1.03. The quantitative estimate of drug-likeness (QED) is 0.518. The van der Waals surface area contributed by atoms with Gasteiger partial charge in [-0.25, -0.2) is 4.79 Å². The van der Waals surface area contributed by atoms with Gasteiger partial charge >= 0.3 is 57.5 Å². The van der Waals surface area contributed by atoms with Crippen molar-refractivity contribution in [2.24, 2.45) is 17.8 Å². The maximum Gasteiger partial charge on any atom is 1.00 e. The number of rotatable bonds is 8. The molecule has 0 unspecified atom stereocenters. The van der Waals surface area contributed by atoms with Gasteiger partial charge in [0.05, 0.1) is 12.1 Å². The number of hydrogen-bond donors (Lipinski definition) is 2. The summed E-state index contributed by atoms with van der Waals surface area (Å²) in [5.74, 6) is -1.87. The molecule has 3 atom stereocenters. The van der Waals surface area contributed by atoms with Crippen LogP contribution < -0.4 is 61.8 Å². The van der Waals surface area contributed by atoms with Crippen molar-refractivity contribution in [3.8, 4) is 0 Å². The molecule has 0 aliphatic heterocycles. The number of aliphatic hydroxyl groups is 1. The van der Waals surface area contributed by atoms with Gasteiger partial charge in [0, 0.05) is 11.9 Å². The Hall–Kier alpha value is 0.336. The molecule has 2 N–H and O–H groups in total. The van der Waals surface area contributed by atoms with Crippen molar-refractivity contribution in [3.63, 3.8) is 0 Å². The van der Waals surface area contributed by atoms with Crippen LogP contribution in [0.4, 0.5) is 4.79 Å². The minimum Gasteiger partial charge on any atom is -0.550 e. The molecule has 0 bridgehead atoms. The largest absolute Gasteiger partial charge is 1.00 e. The minimum atomic E-state index is -1.18. The zero-order chi connectivity index (χ0) is 18.4. The summed E-state index contributed by atoms with van der Waals surface area (Å²) in [4.78, 5) is 23.1. The van der Waals surface area contributed by atoms with E-state index in [0.29, 0.717) is 6.42 Å². The van der Waals surface area contributed by atoms with Crippen LogP contribution in [0.5, 0.6) is 0 Å². The first kappa shape index (κ1) is 26.6. The molecule has 7 heteroatoms. The molecule has 0 saturated heterocycles. The molecule has 136 valence electrons. The Balaban J connectivity index is 0. The van der Waals surface area contributed by atoms with Gasteiger partial charge in [0.25, 0.3) is 0 Å². The fourth-order valence-electron chi connectivity index (χ4n) is 2.34. The van der Waals surface area contributed by atoms with Gasteiger partial charge in [-0.3, -0.25) is 0 Å². The number of aliphatic hydroxyl groups excluding tert-OH is 1. The van der Waals surface area contributed by atoms with E-state index in [0.717, 1.165) is 0 Å². The molecule has 0 rings (SSSR count). The van der Waals surface area contributed by atoms with Crippen LogP contribution >= 0.6 is 0 Å². The molecule has 0 aliphatic rings. The van der Waals surface area contributed by atoms with Crippen molar-refractivity contribution in [1.29, 1.82) is 0 Å². The van der Waals surface area contributed by atoms with Crippen molar-refractivity contribution >= 4 is 12.1 Å². The third-order valence-corrected chi connectivity index (χ3v) is 3.49. The normalized spacial score (nSPS) is 15.4. The van der Waals surface area contributed by atoms with E-state index in [2.05, 4.69) is 5.32 Å². The Morgan fingerprint density at radius 3 is 1.96 bits per heavy atom. The van der Waals surface area contributed by atoms with Gasteiger partial charge in [0.1, 0.15) is 5.60 Å². The van der Waals surface area contributed by atoms with E-state index in [4.69, 9.17) is 4.74 Å². The second kappa shape index (κ2) is 11.9. The molecular weight excluding hydrogens is 337 g/mol. The molecule has 6 nitrogen and oxygen atoms in total. The average Bonchev–Trinajstić information content (AvgIpc) is 2.30. The topological polar surface area (TPSA) is 98.7 Å². The Labute approximate surface area is 188 Å². The smallest absolute Gasteiger partial charge is 0.550 e. The Kier molecular flexibility index (Phi) is 13.1. The van der Waals surface area contributed by atoms with Gasteiger partial charge in [-0.15, -0.1) is 0 Å². The number of carbonyl (C=O) groups is 2. The fourth-order valence-corrected chi connectivity index (χ4v) is 2.34. The van der Waals surface area contributed by atoms with Crippen LogP contribution in [0.2, 0.25) is 0 Å². The number of carboxylic acid groups (broad SMARTS) is 1. The molecule has 0 aromatic carbocycles. The fraction of sp³-hybridized carbons (Fsp3) is 0.882. The van der Waals surface area contributed by atoms with E-state index in [1.54, 1.807) is 34.6 Å². The maximum absolute atomic E-state index is 11.9. The van der Waals surface area contributed by atoms with Gasteiger partial charge in [-0.05, 0) is 45.4 Å². The predicted molar refractivity (Wildman–Crippen MR) is 86.6 cm³/mol. The van der Waals surface area contributed by atoms with Gasteiger partial charge in [-0.1, -0.05) is 27.7 Å². The van der Waals surface area contributed by atoms with E-state index >= 15 is 0 Å². The molecule has 0 saturated carbocycles. The Morgan fingerprint density at radius 2 is 1.62 bits per heavy atom. The van der Waals surface area contributed by atoms with Crippen LogP contribution in [0, 0.1) is 17.8 Å². The van der Waals surface area contributed by atoms with Crippen molar-refractivity contribution in [1.82, 2.24) is 5.32 Å². The van der Waals surface area contributed by atoms with Crippen LogP contribution in [0.1, 0.15) is 61.3 Å². The number of carbonyl (C=O) groups excluding carboxylic acids is 2. The molecule has 0 aromatic rings. The average molecular weight is 370 g/mol. The molecule has 0 spiro atoms. The first-order valence-electron chi connectivity index (χ1n) is 8.22. The van der Waals surface area contributed by atoms with Gasteiger partial charge in [0.15, 0.2) is 0 Å². The number of nitrogens with one attached hydrogen (secondary N) is 1. The van der Waals surface area contributed by atoms with E-state index in [9.17, 15) is 19.8 Å². The molecule has 1 amide bonds. The Bertz CT molecular complexity index is 393. The van der Waals surface area contributed by atoms with Crippen LogP contribution in [0.25, 0.3) is 0 Å². The summed E-state index contributed by atoms with van der Waals surface area (Å²) < 4.78 is 5.21. The first-order chi connectivity index (χ1) is 10.3. The number of hydrogen-bond acceptors (Lipinski definition) is 5. The van der Waals surface area contributed by atoms with Crippen molar-refractivity contribution in [3.05, 3.63) is 0 Å². The third kappa shape index (κ3) is 11.8. The number of ether oxygens (including phenoxy) is 1. The number of amides is 1. The van der Waals surface area contributed by atoms with Crippen LogP contribution in [0.3, 0.4) is 0 Å². The second-order valence-electron chi connectivity index (χ2n) is 7.85. The standard InChI is InChI=1S/C17H33NO5.K/c1-10(2)8-13(18-16(22)23-17(5,6)7)14(19)9-12(11(3)4)15(20)21;/h10-14,19H,8-9H2,1-7H3,(H,18,22)(H,20,21);/q;+1/p-1/t12-,13-,14-;/m0./s1. The van der Waals surface area contributed by atoms with Gasteiger partial charge < -0.3 is 25.1 Å². The molecule has 0 fully saturated rings. The van der Waals surface area contributed by atoms with Gasteiger partial charge in [-0.2, -0.15) is 0 Å². The number of carboxylic acids is 1. The number of aliphatic carboxylic acids is 1. The van der Waals surface area contributed by atoms with E-state index < -0.39 is 35.7 Å². The second-order valence-corrected chi connectivity index (χ2v) is 7.85. The van der Waals surface area contributed by atoms with E-state index in [1.807, 2.05) is 13.8 Å². The third-order valence-electron chi connectivity index (χ3n) is 3.49. The first-order valence-corrected chi connectivity index (χ1v) is 8.22. The summed E-state index contributed by atoms with van der Waals surface area (Å²) in [5.41, 5.74) is -0.636. The summed E-state index contributed by atoms with van der Waals surface area (Å²) in [7, 11) is 0. The van der Waals surface area contributed by atoms with Crippen LogP contribution in [-0.2, 0) is 9.53 Å².